The quantitative estimate of drug-likeness (QED) is 0.774. The minimum Gasteiger partial charge on any atom is -0.466 e. The number of benzene rings is 1. The first-order valence-electron chi connectivity index (χ1n) is 9.30. The van der Waals surface area contributed by atoms with Gasteiger partial charge in [0.1, 0.15) is 6.07 Å². The minimum absolute atomic E-state index is 0.00959. The van der Waals surface area contributed by atoms with E-state index in [2.05, 4.69) is 33.1 Å². The predicted octanol–water partition coefficient (Wildman–Crippen LogP) is 3.41. The standard InChI is InChI=1S/C21H24N4O2/c1-4-27-21(26)17-9-11-25(12-10-17)18-7-5-16(6-8-18)20-15(3)23-14(2)19(13-22)24-20/h5-8,17H,4,9-12H2,1-3H3. The Morgan fingerprint density at radius 1 is 1.19 bits per heavy atom. The summed E-state index contributed by atoms with van der Waals surface area (Å²) in [7, 11) is 0. The summed E-state index contributed by atoms with van der Waals surface area (Å²) in [6, 6.07) is 10.3. The predicted molar refractivity (Wildman–Crippen MR) is 103 cm³/mol. The van der Waals surface area contributed by atoms with Crippen LogP contribution in [0.5, 0.6) is 0 Å². The van der Waals surface area contributed by atoms with Crippen molar-refractivity contribution < 1.29 is 9.53 Å². The van der Waals surface area contributed by atoms with Gasteiger partial charge in [0.05, 0.1) is 29.6 Å². The number of hydrogen-bond donors (Lipinski definition) is 0. The highest BCUT2D eigenvalue weighted by atomic mass is 16.5. The van der Waals surface area contributed by atoms with E-state index in [0.29, 0.717) is 18.0 Å². The second kappa shape index (κ2) is 8.17. The number of anilines is 1. The molecule has 0 radical (unpaired) electrons. The molecule has 1 aromatic carbocycles. The number of carbonyl (C=O) groups excluding carboxylic acids is 1. The lowest BCUT2D eigenvalue weighted by Crippen LogP contribution is -2.36. The third kappa shape index (κ3) is 4.08. The molecule has 1 aliphatic rings. The molecule has 140 valence electrons. The summed E-state index contributed by atoms with van der Waals surface area (Å²) < 4.78 is 5.13. The van der Waals surface area contributed by atoms with E-state index in [1.807, 2.05) is 26.0 Å². The molecule has 2 aromatic rings. The Morgan fingerprint density at radius 2 is 1.85 bits per heavy atom. The van der Waals surface area contributed by atoms with Gasteiger partial charge in [-0.05, 0) is 45.7 Å². The molecule has 0 spiro atoms. The molecule has 6 nitrogen and oxygen atoms in total. The Labute approximate surface area is 159 Å². The van der Waals surface area contributed by atoms with E-state index >= 15 is 0 Å². The normalized spacial score (nSPS) is 14.7. The Morgan fingerprint density at radius 3 is 2.44 bits per heavy atom. The van der Waals surface area contributed by atoms with Crippen LogP contribution in [0.1, 0.15) is 36.8 Å². The summed E-state index contributed by atoms with van der Waals surface area (Å²) in [5, 5.41) is 9.20. The van der Waals surface area contributed by atoms with E-state index in [1.165, 1.54) is 0 Å². The van der Waals surface area contributed by atoms with E-state index < -0.39 is 0 Å². The average Bonchev–Trinajstić information content (AvgIpc) is 2.69. The van der Waals surface area contributed by atoms with Crippen molar-refractivity contribution in [3.05, 3.63) is 41.3 Å². The van der Waals surface area contributed by atoms with Crippen molar-refractivity contribution in [2.75, 3.05) is 24.6 Å². The molecule has 2 heterocycles. The van der Waals surface area contributed by atoms with Crippen molar-refractivity contribution in [3.63, 3.8) is 0 Å². The first kappa shape index (κ1) is 18.8. The lowest BCUT2D eigenvalue weighted by atomic mass is 9.96. The zero-order chi connectivity index (χ0) is 19.4. The van der Waals surface area contributed by atoms with Crippen LogP contribution in [-0.4, -0.2) is 35.6 Å². The molecule has 3 rings (SSSR count). The third-order valence-electron chi connectivity index (χ3n) is 4.97. The fourth-order valence-corrected chi connectivity index (χ4v) is 3.47. The highest BCUT2D eigenvalue weighted by Gasteiger charge is 2.26. The summed E-state index contributed by atoms with van der Waals surface area (Å²) in [5.74, 6) is -0.0652. The van der Waals surface area contributed by atoms with E-state index in [9.17, 15) is 10.1 Å². The van der Waals surface area contributed by atoms with Gasteiger partial charge in [-0.2, -0.15) is 5.26 Å². The smallest absolute Gasteiger partial charge is 0.309 e. The minimum atomic E-state index is -0.0748. The Bertz CT molecular complexity index is 863. The molecule has 0 bridgehead atoms. The molecular formula is C21H24N4O2. The number of nitriles is 1. The number of nitrogens with zero attached hydrogens (tertiary/aromatic N) is 4. The van der Waals surface area contributed by atoms with Crippen LogP contribution in [0.15, 0.2) is 24.3 Å². The van der Waals surface area contributed by atoms with Crippen molar-refractivity contribution in [1.29, 1.82) is 5.26 Å². The first-order valence-corrected chi connectivity index (χ1v) is 9.30. The molecule has 0 saturated carbocycles. The second-order valence-corrected chi connectivity index (χ2v) is 6.76. The molecule has 0 aliphatic carbocycles. The average molecular weight is 364 g/mol. The number of aryl methyl sites for hydroxylation is 2. The van der Waals surface area contributed by atoms with Gasteiger partial charge in [-0.1, -0.05) is 12.1 Å². The number of aromatic nitrogens is 2. The molecule has 0 unspecified atom stereocenters. The highest BCUT2D eigenvalue weighted by Crippen LogP contribution is 2.27. The Hall–Kier alpha value is -2.94. The van der Waals surface area contributed by atoms with Crippen molar-refractivity contribution in [1.82, 2.24) is 9.97 Å². The summed E-state index contributed by atoms with van der Waals surface area (Å²) in [4.78, 5) is 23.1. The third-order valence-corrected chi connectivity index (χ3v) is 4.97. The largest absolute Gasteiger partial charge is 0.466 e. The molecule has 1 aromatic heterocycles. The molecule has 27 heavy (non-hydrogen) atoms. The molecule has 0 atom stereocenters. The molecule has 0 N–H and O–H groups in total. The van der Waals surface area contributed by atoms with Crippen LogP contribution in [-0.2, 0) is 9.53 Å². The summed E-state index contributed by atoms with van der Waals surface area (Å²) in [5.41, 5.74) is 4.64. The molecule has 6 heteroatoms. The van der Waals surface area contributed by atoms with Gasteiger partial charge in [-0.25, -0.2) is 4.98 Å². The van der Waals surface area contributed by atoms with Gasteiger partial charge in [-0.3, -0.25) is 9.78 Å². The van der Waals surface area contributed by atoms with Crippen LogP contribution in [0, 0.1) is 31.1 Å². The fraction of sp³-hybridized carbons (Fsp3) is 0.429. The summed E-state index contributed by atoms with van der Waals surface area (Å²) >= 11 is 0. The lowest BCUT2D eigenvalue weighted by Gasteiger charge is -2.32. The van der Waals surface area contributed by atoms with E-state index in [0.717, 1.165) is 48.6 Å². The van der Waals surface area contributed by atoms with Crippen molar-refractivity contribution in [2.45, 2.75) is 33.6 Å². The summed E-state index contributed by atoms with van der Waals surface area (Å²) in [6.45, 7) is 7.66. The second-order valence-electron chi connectivity index (χ2n) is 6.76. The molecule has 1 fully saturated rings. The van der Waals surface area contributed by atoms with E-state index in [4.69, 9.17) is 4.74 Å². The number of piperidine rings is 1. The van der Waals surface area contributed by atoms with E-state index in [1.54, 1.807) is 6.92 Å². The highest BCUT2D eigenvalue weighted by molar-refractivity contribution is 5.73. The Kier molecular flexibility index (Phi) is 5.70. The van der Waals surface area contributed by atoms with E-state index in [-0.39, 0.29) is 11.9 Å². The van der Waals surface area contributed by atoms with Crippen molar-refractivity contribution in [2.24, 2.45) is 5.92 Å². The van der Waals surface area contributed by atoms with Crippen molar-refractivity contribution >= 4 is 11.7 Å². The van der Waals surface area contributed by atoms with Crippen molar-refractivity contribution in [3.8, 4) is 17.3 Å². The van der Waals surface area contributed by atoms with Crippen LogP contribution in [0.4, 0.5) is 5.69 Å². The van der Waals surface area contributed by atoms with Crippen LogP contribution in [0.2, 0.25) is 0 Å². The number of rotatable bonds is 4. The molecule has 1 saturated heterocycles. The van der Waals surface area contributed by atoms with Crippen LogP contribution < -0.4 is 4.90 Å². The van der Waals surface area contributed by atoms with Gasteiger partial charge in [-0.15, -0.1) is 0 Å². The van der Waals surface area contributed by atoms with Gasteiger partial charge in [0.15, 0.2) is 5.69 Å². The monoisotopic (exact) mass is 364 g/mol. The van der Waals surface area contributed by atoms with Gasteiger partial charge in [0, 0.05) is 24.3 Å². The lowest BCUT2D eigenvalue weighted by molar-refractivity contribution is -0.148. The molecule has 0 amide bonds. The van der Waals surface area contributed by atoms with Crippen LogP contribution in [0.25, 0.3) is 11.3 Å². The summed E-state index contributed by atoms with van der Waals surface area (Å²) in [6.07, 6.45) is 1.63. The zero-order valence-electron chi connectivity index (χ0n) is 16.0. The van der Waals surface area contributed by atoms with Gasteiger partial charge < -0.3 is 9.64 Å². The maximum absolute atomic E-state index is 11.9. The van der Waals surface area contributed by atoms with Gasteiger partial charge in [0.2, 0.25) is 0 Å². The fourth-order valence-electron chi connectivity index (χ4n) is 3.47. The maximum atomic E-state index is 11.9. The topological polar surface area (TPSA) is 79.1 Å². The Balaban J connectivity index is 1.72. The number of carbonyl (C=O) groups is 1. The van der Waals surface area contributed by atoms with Crippen LogP contribution >= 0.6 is 0 Å². The SMILES string of the molecule is CCOC(=O)C1CCN(c2ccc(-c3nc(C#N)c(C)nc3C)cc2)CC1. The first-order chi connectivity index (χ1) is 13.0. The number of ether oxygens (including phenoxy) is 1. The maximum Gasteiger partial charge on any atom is 0.309 e. The number of esters is 1. The molecule has 1 aliphatic heterocycles. The van der Waals surface area contributed by atoms with Gasteiger partial charge >= 0.3 is 5.97 Å². The van der Waals surface area contributed by atoms with Gasteiger partial charge in [0.25, 0.3) is 0 Å². The zero-order valence-corrected chi connectivity index (χ0v) is 16.0. The van der Waals surface area contributed by atoms with Crippen LogP contribution in [0.3, 0.4) is 0 Å². The number of hydrogen-bond acceptors (Lipinski definition) is 6. The molecular weight excluding hydrogens is 340 g/mol.